The maximum absolute atomic E-state index is 8.49. The molecule has 0 fully saturated rings. The van der Waals surface area contributed by atoms with Gasteiger partial charge in [-0.2, -0.15) is 10.8 Å². The minimum atomic E-state index is 0.264. The van der Waals surface area contributed by atoms with Crippen LogP contribution in [-0.2, 0) is 0 Å². The Morgan fingerprint density at radius 2 is 2.50 bits per heavy atom. The average molecular weight is 136 g/mol. The summed E-state index contributed by atoms with van der Waals surface area (Å²) < 4.78 is 0. The number of aromatic nitrogens is 2. The average Bonchev–Trinajstić information content (AvgIpc) is 2.30. The van der Waals surface area contributed by atoms with Crippen molar-refractivity contribution in [1.29, 1.82) is 5.26 Å². The van der Waals surface area contributed by atoms with E-state index >= 15 is 0 Å². The molecule has 0 radical (unpaired) electrons. The zero-order chi connectivity index (χ0) is 7.56. The van der Waals surface area contributed by atoms with Gasteiger partial charge in [-0.15, -0.1) is 5.10 Å². The Balaban J connectivity index is 3.29. The van der Waals surface area contributed by atoms with Crippen LogP contribution >= 0.6 is 0 Å². The quantitative estimate of drug-likeness (QED) is 0.506. The largest absolute Gasteiger partial charge is 0.279 e. The number of rotatable bonds is 1. The predicted molar refractivity (Wildman–Crippen MR) is 32.1 cm³/mol. The summed E-state index contributed by atoms with van der Waals surface area (Å²) in [5.41, 5.74) is 6.02. The number of nitrogens with zero attached hydrogens (tertiary/aromatic N) is 3. The highest BCUT2D eigenvalue weighted by molar-refractivity contribution is 5.48. The van der Waals surface area contributed by atoms with Crippen molar-refractivity contribution in [1.82, 2.24) is 10.2 Å². The first kappa shape index (κ1) is 6.42. The third kappa shape index (κ3) is 0.756. The van der Waals surface area contributed by atoms with Crippen LogP contribution in [0.25, 0.3) is 0 Å². The van der Waals surface area contributed by atoms with Crippen LogP contribution in [0, 0.1) is 18.3 Å². The summed E-state index contributed by atoms with van der Waals surface area (Å²) in [7, 11) is 0. The lowest BCUT2D eigenvalue weighted by molar-refractivity contribution is -0.211. The van der Waals surface area contributed by atoms with Crippen molar-refractivity contribution in [3.05, 3.63) is 11.3 Å². The molecule has 1 rings (SSSR count). The summed E-state index contributed by atoms with van der Waals surface area (Å²) in [6, 6.07) is 1.93. The van der Waals surface area contributed by atoms with Crippen molar-refractivity contribution >= 4 is 5.82 Å². The van der Waals surface area contributed by atoms with Gasteiger partial charge in [-0.25, -0.2) is 0 Å². The number of hydrogen-bond acceptors (Lipinski definition) is 3. The van der Waals surface area contributed by atoms with Crippen molar-refractivity contribution in [2.75, 3.05) is 0 Å². The van der Waals surface area contributed by atoms with Gasteiger partial charge in [0.1, 0.15) is 11.6 Å². The van der Waals surface area contributed by atoms with Gasteiger partial charge in [0.05, 0.1) is 5.69 Å². The topological polar surface area (TPSA) is 90.4 Å². The van der Waals surface area contributed by atoms with Gasteiger partial charge in [0.25, 0.3) is 5.82 Å². The van der Waals surface area contributed by atoms with Crippen LogP contribution in [0.1, 0.15) is 11.3 Å². The Morgan fingerprint density at radius 3 is 2.90 bits per heavy atom. The van der Waals surface area contributed by atoms with E-state index in [2.05, 4.69) is 15.3 Å². The van der Waals surface area contributed by atoms with Crippen molar-refractivity contribution < 1.29 is 5.53 Å². The summed E-state index contributed by atoms with van der Waals surface area (Å²) in [5.74, 6) is 0.264. The molecule has 0 saturated carbocycles. The fraction of sp³-hybridized carbons (Fsp3) is 0.200. The van der Waals surface area contributed by atoms with Gasteiger partial charge < -0.3 is 0 Å². The Morgan fingerprint density at radius 1 is 1.80 bits per heavy atom. The fourth-order valence-corrected chi connectivity index (χ4v) is 0.644. The zero-order valence-electron chi connectivity index (χ0n) is 5.42. The molecule has 0 aromatic carbocycles. The fourth-order valence-electron chi connectivity index (χ4n) is 0.644. The Hall–Kier alpha value is -1.70. The molecule has 1 aromatic heterocycles. The summed E-state index contributed by atoms with van der Waals surface area (Å²) in [6.07, 6.45) is 0. The van der Waals surface area contributed by atoms with E-state index in [1.807, 2.05) is 6.07 Å². The lowest BCUT2D eigenvalue weighted by Crippen LogP contribution is -2.22. The highest BCUT2D eigenvalue weighted by atomic mass is 15.2. The predicted octanol–water partition coefficient (Wildman–Crippen LogP) is -0.567. The van der Waals surface area contributed by atoms with Gasteiger partial charge in [-0.1, -0.05) is 0 Å². The van der Waals surface area contributed by atoms with Crippen LogP contribution < -0.4 is 5.53 Å². The van der Waals surface area contributed by atoms with Gasteiger partial charge in [0.2, 0.25) is 0 Å². The molecule has 0 aliphatic heterocycles. The lowest BCUT2D eigenvalue weighted by atomic mass is 10.3. The molecule has 0 saturated heterocycles. The number of nitrogens with two attached hydrogens (primary N) is 1. The van der Waals surface area contributed by atoms with E-state index in [4.69, 9.17) is 10.8 Å². The highest BCUT2D eigenvalue weighted by Gasteiger charge is 2.08. The van der Waals surface area contributed by atoms with Gasteiger partial charge in [-0.05, 0) is 6.92 Å². The molecule has 1 heterocycles. The summed E-state index contributed by atoms with van der Waals surface area (Å²) in [6.45, 7) is 1.74. The number of hydrogen-bond donors (Lipinski definition) is 2. The van der Waals surface area contributed by atoms with E-state index in [1.165, 1.54) is 0 Å². The van der Waals surface area contributed by atoms with E-state index in [0.717, 1.165) is 0 Å². The van der Waals surface area contributed by atoms with Crippen LogP contribution in [0.5, 0.6) is 0 Å². The number of aryl methyl sites for hydroxylation is 1. The second kappa shape index (κ2) is 2.27. The molecule has 0 bridgehead atoms. The van der Waals surface area contributed by atoms with Crippen LogP contribution in [0.2, 0.25) is 0 Å². The maximum Gasteiger partial charge on any atom is 0.256 e. The monoisotopic (exact) mass is 136 g/mol. The Labute approximate surface area is 57.2 Å². The molecule has 5 nitrogen and oxygen atoms in total. The minimum absolute atomic E-state index is 0.264. The van der Waals surface area contributed by atoms with Crippen molar-refractivity contribution in [2.45, 2.75) is 6.92 Å². The van der Waals surface area contributed by atoms with Crippen molar-refractivity contribution in [2.24, 2.45) is 5.11 Å². The SMILES string of the molecule is Cc1[nH]nc(N=[NH2+])c1C#N. The minimum Gasteiger partial charge on any atom is -0.279 e. The molecule has 0 spiro atoms. The molecular weight excluding hydrogens is 130 g/mol. The molecule has 0 aliphatic rings. The van der Waals surface area contributed by atoms with Gasteiger partial charge in [0, 0.05) is 5.11 Å². The Kier molecular flexibility index (Phi) is 1.46. The standard InChI is InChI=1S/C5H5N5/c1-3-4(2-6)5(8-7)10-9-3/h7H,1H3,(H,9,10)/p+1. The Bertz CT molecular complexity index is 291. The molecule has 50 valence electrons. The smallest absolute Gasteiger partial charge is 0.256 e. The number of aromatic amines is 1. The van der Waals surface area contributed by atoms with Crippen LogP contribution in [0.15, 0.2) is 5.11 Å². The number of nitrogens with one attached hydrogen (secondary N) is 1. The van der Waals surface area contributed by atoms with Gasteiger partial charge in [-0.3, -0.25) is 5.10 Å². The van der Waals surface area contributed by atoms with Crippen LogP contribution in [-0.4, -0.2) is 10.2 Å². The van der Waals surface area contributed by atoms with E-state index in [0.29, 0.717) is 11.3 Å². The molecule has 5 heteroatoms. The van der Waals surface area contributed by atoms with E-state index in [1.54, 1.807) is 6.92 Å². The van der Waals surface area contributed by atoms with E-state index in [-0.39, 0.29) is 5.82 Å². The van der Waals surface area contributed by atoms with Gasteiger partial charge in [0.15, 0.2) is 0 Å². The van der Waals surface area contributed by atoms with E-state index in [9.17, 15) is 0 Å². The summed E-state index contributed by atoms with van der Waals surface area (Å²) in [5, 5.41) is 18.0. The normalized spacial score (nSPS) is 8.80. The third-order valence-corrected chi connectivity index (χ3v) is 1.16. The molecule has 10 heavy (non-hydrogen) atoms. The second-order valence-electron chi connectivity index (χ2n) is 1.79. The van der Waals surface area contributed by atoms with Crippen LogP contribution in [0.3, 0.4) is 0 Å². The first-order chi connectivity index (χ1) is 4.79. The van der Waals surface area contributed by atoms with Crippen molar-refractivity contribution in [3.8, 4) is 6.07 Å². The molecule has 0 amide bonds. The first-order valence-electron chi connectivity index (χ1n) is 2.65. The molecule has 1 aromatic rings. The first-order valence-corrected chi connectivity index (χ1v) is 2.65. The third-order valence-electron chi connectivity index (χ3n) is 1.16. The van der Waals surface area contributed by atoms with Crippen LogP contribution in [0.4, 0.5) is 5.82 Å². The molecule has 3 N–H and O–H groups in total. The molecule has 0 aliphatic carbocycles. The summed E-state index contributed by atoms with van der Waals surface area (Å²) >= 11 is 0. The lowest BCUT2D eigenvalue weighted by Gasteiger charge is -1.78. The van der Waals surface area contributed by atoms with E-state index < -0.39 is 0 Å². The molecule has 0 unspecified atom stereocenters. The summed E-state index contributed by atoms with van der Waals surface area (Å²) in [4.78, 5) is 0. The second-order valence-corrected chi connectivity index (χ2v) is 1.79. The number of H-pyrrole nitrogens is 1. The zero-order valence-corrected chi connectivity index (χ0v) is 5.42. The molecule has 0 atom stereocenters. The maximum atomic E-state index is 8.49. The van der Waals surface area contributed by atoms with Gasteiger partial charge >= 0.3 is 0 Å². The molecular formula is C5H6N5+. The highest BCUT2D eigenvalue weighted by Crippen LogP contribution is 2.15. The van der Waals surface area contributed by atoms with Crippen molar-refractivity contribution in [3.63, 3.8) is 0 Å². The number of nitriles is 1.